The molecule has 0 fully saturated rings. The maximum Gasteiger partial charge on any atom is 0.336 e. The number of ether oxygens (including phenoxy) is 1. The molecule has 5 rings (SSSR count). The first kappa shape index (κ1) is 19.8. The number of aryl methyl sites for hydroxylation is 1. The zero-order valence-corrected chi connectivity index (χ0v) is 17.6. The fourth-order valence-corrected chi connectivity index (χ4v) is 3.90. The number of imidazole rings is 1. The van der Waals surface area contributed by atoms with Gasteiger partial charge in [-0.1, -0.05) is 60.2 Å². The quantitative estimate of drug-likeness (QED) is 0.325. The molecular formula is C27H22N2O3. The Morgan fingerprint density at radius 2 is 1.88 bits per heavy atom. The Kier molecular flexibility index (Phi) is 5.30. The van der Waals surface area contributed by atoms with Gasteiger partial charge in [-0.3, -0.25) is 0 Å². The van der Waals surface area contributed by atoms with Crippen LogP contribution in [0.3, 0.4) is 0 Å². The van der Waals surface area contributed by atoms with Gasteiger partial charge in [0, 0.05) is 29.9 Å². The molecule has 5 aromatic rings. The molecule has 0 saturated heterocycles. The number of hydrogen-bond donors (Lipinski definition) is 0. The average Bonchev–Trinajstić information content (AvgIpc) is 3.32. The summed E-state index contributed by atoms with van der Waals surface area (Å²) in [6, 6.07) is 25.3. The van der Waals surface area contributed by atoms with Gasteiger partial charge in [0.1, 0.15) is 17.4 Å². The monoisotopic (exact) mass is 422 g/mol. The van der Waals surface area contributed by atoms with Gasteiger partial charge in [-0.25, -0.2) is 9.78 Å². The van der Waals surface area contributed by atoms with E-state index in [0.29, 0.717) is 17.9 Å². The Balaban J connectivity index is 1.53. The van der Waals surface area contributed by atoms with E-state index in [2.05, 4.69) is 11.1 Å². The van der Waals surface area contributed by atoms with Gasteiger partial charge < -0.3 is 13.7 Å². The summed E-state index contributed by atoms with van der Waals surface area (Å²) in [5.74, 6) is 0.635. The van der Waals surface area contributed by atoms with E-state index >= 15 is 0 Å². The van der Waals surface area contributed by atoms with Gasteiger partial charge >= 0.3 is 5.63 Å². The van der Waals surface area contributed by atoms with Crippen molar-refractivity contribution in [2.75, 3.05) is 0 Å². The Morgan fingerprint density at radius 3 is 2.66 bits per heavy atom. The SMILES string of the molecule is Cc1cccc(-c2cc(=O)oc3cc(OC(Cn4ccnc4)c4ccccc4)ccc23)c1. The van der Waals surface area contributed by atoms with E-state index < -0.39 is 0 Å². The van der Waals surface area contributed by atoms with Crippen LogP contribution in [0.2, 0.25) is 0 Å². The fraction of sp³-hybridized carbons (Fsp3) is 0.111. The molecule has 0 N–H and O–H groups in total. The lowest BCUT2D eigenvalue weighted by molar-refractivity contribution is 0.183. The maximum absolute atomic E-state index is 12.3. The Labute approximate surface area is 185 Å². The molecule has 32 heavy (non-hydrogen) atoms. The summed E-state index contributed by atoms with van der Waals surface area (Å²) in [7, 11) is 0. The molecule has 0 aliphatic heterocycles. The highest BCUT2D eigenvalue weighted by molar-refractivity contribution is 5.93. The predicted octanol–water partition coefficient (Wildman–Crippen LogP) is 5.79. The lowest BCUT2D eigenvalue weighted by atomic mass is 10.0. The van der Waals surface area contributed by atoms with Gasteiger partial charge in [0.2, 0.25) is 0 Å². The highest BCUT2D eigenvalue weighted by Gasteiger charge is 2.16. The zero-order valence-electron chi connectivity index (χ0n) is 17.6. The van der Waals surface area contributed by atoms with Crippen LogP contribution in [0.5, 0.6) is 5.75 Å². The van der Waals surface area contributed by atoms with Crippen LogP contribution in [-0.4, -0.2) is 9.55 Å². The fourth-order valence-electron chi connectivity index (χ4n) is 3.90. The van der Waals surface area contributed by atoms with Crippen LogP contribution in [0.25, 0.3) is 22.1 Å². The van der Waals surface area contributed by atoms with Crippen LogP contribution in [0, 0.1) is 6.92 Å². The molecule has 158 valence electrons. The van der Waals surface area contributed by atoms with Crippen LogP contribution in [-0.2, 0) is 6.54 Å². The summed E-state index contributed by atoms with van der Waals surface area (Å²) in [5.41, 5.74) is 4.14. The molecule has 0 bridgehead atoms. The molecule has 0 aliphatic carbocycles. The molecule has 0 aliphatic rings. The minimum Gasteiger partial charge on any atom is -0.484 e. The number of fused-ring (bicyclic) bond motifs is 1. The molecule has 5 heteroatoms. The summed E-state index contributed by atoms with van der Waals surface area (Å²) in [5, 5.41) is 0.869. The third-order valence-electron chi connectivity index (χ3n) is 5.43. The highest BCUT2D eigenvalue weighted by Crippen LogP contribution is 2.32. The molecule has 0 saturated carbocycles. The van der Waals surface area contributed by atoms with Crippen molar-refractivity contribution < 1.29 is 9.15 Å². The third-order valence-corrected chi connectivity index (χ3v) is 5.43. The Bertz CT molecular complexity index is 1410. The topological polar surface area (TPSA) is 57.3 Å². The maximum atomic E-state index is 12.3. The molecule has 0 spiro atoms. The van der Waals surface area contributed by atoms with Crippen molar-refractivity contribution >= 4 is 11.0 Å². The van der Waals surface area contributed by atoms with Gasteiger partial charge in [-0.15, -0.1) is 0 Å². The van der Waals surface area contributed by atoms with Crippen LogP contribution in [0.1, 0.15) is 17.2 Å². The highest BCUT2D eigenvalue weighted by atomic mass is 16.5. The standard InChI is InChI=1S/C27H22N2O3/c1-19-6-5-9-21(14-19)24-16-27(30)32-25-15-22(10-11-23(24)25)31-26(17-29-13-12-28-18-29)20-7-3-2-4-8-20/h2-16,18,26H,17H2,1H3. The molecule has 2 aromatic heterocycles. The number of benzene rings is 3. The second-order valence-electron chi connectivity index (χ2n) is 7.78. The third kappa shape index (κ3) is 4.18. The molecule has 0 amide bonds. The second-order valence-corrected chi connectivity index (χ2v) is 7.78. The second kappa shape index (κ2) is 8.55. The van der Waals surface area contributed by atoms with Crippen LogP contribution >= 0.6 is 0 Å². The van der Waals surface area contributed by atoms with Crippen molar-refractivity contribution in [1.82, 2.24) is 9.55 Å². The smallest absolute Gasteiger partial charge is 0.336 e. The van der Waals surface area contributed by atoms with E-state index in [0.717, 1.165) is 27.6 Å². The summed E-state index contributed by atoms with van der Waals surface area (Å²) in [6.45, 7) is 2.64. The molecule has 2 heterocycles. The first-order valence-electron chi connectivity index (χ1n) is 10.5. The van der Waals surface area contributed by atoms with Crippen molar-refractivity contribution in [1.29, 1.82) is 0 Å². The Hall–Kier alpha value is -4.12. The van der Waals surface area contributed by atoms with E-state index in [9.17, 15) is 4.79 Å². The molecule has 0 radical (unpaired) electrons. The van der Waals surface area contributed by atoms with Crippen LogP contribution in [0.15, 0.2) is 107 Å². The largest absolute Gasteiger partial charge is 0.484 e. The van der Waals surface area contributed by atoms with E-state index in [1.807, 2.05) is 78.4 Å². The van der Waals surface area contributed by atoms with Crippen molar-refractivity contribution in [3.8, 4) is 16.9 Å². The van der Waals surface area contributed by atoms with Gasteiger partial charge in [-0.2, -0.15) is 0 Å². The predicted molar refractivity (Wildman–Crippen MR) is 125 cm³/mol. The number of aromatic nitrogens is 2. The zero-order chi connectivity index (χ0) is 21.9. The number of rotatable bonds is 6. The summed E-state index contributed by atoms with van der Waals surface area (Å²) < 4.78 is 13.9. The van der Waals surface area contributed by atoms with Crippen molar-refractivity contribution in [3.63, 3.8) is 0 Å². The van der Waals surface area contributed by atoms with E-state index in [-0.39, 0.29) is 11.7 Å². The van der Waals surface area contributed by atoms with Gasteiger partial charge in [0.25, 0.3) is 0 Å². The molecule has 1 unspecified atom stereocenters. The van der Waals surface area contributed by atoms with Gasteiger partial charge in [0.05, 0.1) is 12.9 Å². The van der Waals surface area contributed by atoms with Crippen LogP contribution in [0.4, 0.5) is 0 Å². The molecular weight excluding hydrogens is 400 g/mol. The van der Waals surface area contributed by atoms with E-state index in [1.165, 1.54) is 0 Å². The molecule has 3 aromatic carbocycles. The van der Waals surface area contributed by atoms with Gasteiger partial charge in [0.15, 0.2) is 0 Å². The van der Waals surface area contributed by atoms with E-state index in [1.54, 1.807) is 24.7 Å². The van der Waals surface area contributed by atoms with Crippen molar-refractivity contribution in [2.24, 2.45) is 0 Å². The number of hydrogen-bond acceptors (Lipinski definition) is 4. The van der Waals surface area contributed by atoms with Crippen LogP contribution < -0.4 is 10.4 Å². The van der Waals surface area contributed by atoms with Gasteiger partial charge in [-0.05, 0) is 35.7 Å². The lowest BCUT2D eigenvalue weighted by Crippen LogP contribution is -2.14. The van der Waals surface area contributed by atoms with Crippen molar-refractivity contribution in [3.05, 3.63) is 119 Å². The first-order valence-corrected chi connectivity index (χ1v) is 10.5. The lowest BCUT2D eigenvalue weighted by Gasteiger charge is -2.20. The van der Waals surface area contributed by atoms with E-state index in [4.69, 9.17) is 9.15 Å². The number of nitrogens with zero attached hydrogens (tertiary/aromatic N) is 2. The molecule has 5 nitrogen and oxygen atoms in total. The Morgan fingerprint density at radius 1 is 1.00 bits per heavy atom. The summed E-state index contributed by atoms with van der Waals surface area (Å²) in [4.78, 5) is 16.4. The summed E-state index contributed by atoms with van der Waals surface area (Å²) in [6.07, 6.45) is 5.20. The first-order chi connectivity index (χ1) is 15.7. The minimum absolute atomic E-state index is 0.227. The van der Waals surface area contributed by atoms with Crippen molar-refractivity contribution in [2.45, 2.75) is 19.6 Å². The minimum atomic E-state index is -0.385. The normalized spacial score (nSPS) is 12.0. The average molecular weight is 422 g/mol. The summed E-state index contributed by atoms with van der Waals surface area (Å²) >= 11 is 0. The molecule has 1 atom stereocenters.